The Labute approximate surface area is 167 Å². The van der Waals surface area contributed by atoms with Crippen LogP contribution >= 0.6 is 0 Å². The van der Waals surface area contributed by atoms with E-state index in [-0.39, 0.29) is 5.69 Å². The van der Waals surface area contributed by atoms with Crippen molar-refractivity contribution in [1.29, 1.82) is 0 Å². The Kier molecular flexibility index (Phi) is 5.99. The Morgan fingerprint density at radius 2 is 1.76 bits per heavy atom. The van der Waals surface area contributed by atoms with E-state index in [9.17, 15) is 18.0 Å². The van der Waals surface area contributed by atoms with Crippen molar-refractivity contribution in [2.75, 3.05) is 48.9 Å². The van der Waals surface area contributed by atoms with Crippen LogP contribution in [0.2, 0.25) is 0 Å². The zero-order valence-corrected chi connectivity index (χ0v) is 16.3. The fourth-order valence-electron chi connectivity index (χ4n) is 3.22. The molecule has 0 aliphatic carbocycles. The molecule has 0 atom stereocenters. The summed E-state index contributed by atoms with van der Waals surface area (Å²) in [5.74, 6) is 4.93. The number of nitrogens with two attached hydrogens (primary N) is 1. The van der Waals surface area contributed by atoms with E-state index in [1.807, 2.05) is 18.9 Å². The van der Waals surface area contributed by atoms with Gasteiger partial charge in [0, 0.05) is 43.1 Å². The molecule has 156 valence electrons. The molecule has 0 aromatic heterocycles. The van der Waals surface area contributed by atoms with Gasteiger partial charge < -0.3 is 20.5 Å². The summed E-state index contributed by atoms with van der Waals surface area (Å²) in [4.78, 5) is 16.6. The van der Waals surface area contributed by atoms with Crippen molar-refractivity contribution >= 4 is 23.0 Å². The number of halogens is 3. The minimum atomic E-state index is -4.51. The lowest BCUT2D eigenvalue weighted by atomic mass is 10.1. The molecule has 2 aromatic rings. The second-order valence-corrected chi connectivity index (χ2v) is 7.18. The fourth-order valence-corrected chi connectivity index (χ4v) is 3.22. The first-order valence-electron chi connectivity index (χ1n) is 9.22. The molecule has 29 heavy (non-hydrogen) atoms. The van der Waals surface area contributed by atoms with E-state index in [1.54, 1.807) is 24.3 Å². The predicted molar refractivity (Wildman–Crippen MR) is 108 cm³/mol. The number of nitrogen functional groups attached to an aromatic ring is 1. The summed E-state index contributed by atoms with van der Waals surface area (Å²) in [5, 5.41) is 2.59. The quantitative estimate of drug-likeness (QED) is 0.536. The van der Waals surface area contributed by atoms with Gasteiger partial charge in [0.1, 0.15) is 0 Å². The number of piperazine rings is 1. The number of hydrazine groups is 1. The molecular formula is C20H24F3N5O. The van der Waals surface area contributed by atoms with E-state index < -0.39 is 17.6 Å². The van der Waals surface area contributed by atoms with Crippen LogP contribution in [0.5, 0.6) is 0 Å². The number of benzene rings is 2. The average molecular weight is 407 g/mol. The van der Waals surface area contributed by atoms with E-state index in [0.717, 1.165) is 30.8 Å². The van der Waals surface area contributed by atoms with Gasteiger partial charge in [-0.15, -0.1) is 0 Å². The van der Waals surface area contributed by atoms with Crippen molar-refractivity contribution in [3.63, 3.8) is 0 Å². The minimum absolute atomic E-state index is 0.0987. The first-order valence-corrected chi connectivity index (χ1v) is 9.22. The zero-order valence-electron chi connectivity index (χ0n) is 16.3. The van der Waals surface area contributed by atoms with E-state index in [0.29, 0.717) is 30.0 Å². The number of anilines is 3. The monoisotopic (exact) mass is 407 g/mol. The van der Waals surface area contributed by atoms with Crippen molar-refractivity contribution in [3.05, 3.63) is 53.1 Å². The number of alkyl halides is 3. The molecule has 1 saturated heterocycles. The maximum Gasteiger partial charge on any atom is 0.416 e. The van der Waals surface area contributed by atoms with Crippen LogP contribution in [0.1, 0.15) is 21.5 Å². The molecule has 0 bridgehead atoms. The normalized spacial score (nSPS) is 15.3. The molecular weight excluding hydrogens is 383 g/mol. The van der Waals surface area contributed by atoms with Crippen LogP contribution in [0.3, 0.4) is 0 Å². The SMILES string of the molecule is Cc1ccc(C(=O)Nc2cc(N3CCN(C)CC3)cc(C(F)(F)F)c2)cc1NN. The lowest BCUT2D eigenvalue weighted by molar-refractivity contribution is -0.137. The highest BCUT2D eigenvalue weighted by molar-refractivity contribution is 6.05. The van der Waals surface area contributed by atoms with E-state index in [1.165, 1.54) is 0 Å². The van der Waals surface area contributed by atoms with Crippen LogP contribution in [0.15, 0.2) is 36.4 Å². The summed E-state index contributed by atoms with van der Waals surface area (Å²) < 4.78 is 40.3. The standard InChI is InChI=1S/C20H24F3N5O/c1-13-3-4-14(9-18(13)26-24)19(29)25-16-10-15(20(21,22)23)11-17(12-16)28-7-5-27(2)6-8-28/h3-4,9-12,26H,5-8,24H2,1-2H3,(H,25,29). The van der Waals surface area contributed by atoms with Gasteiger partial charge in [0.05, 0.1) is 11.3 Å². The van der Waals surface area contributed by atoms with Gasteiger partial charge in [-0.1, -0.05) is 6.07 Å². The van der Waals surface area contributed by atoms with Crippen LogP contribution in [0, 0.1) is 6.92 Å². The van der Waals surface area contributed by atoms with Gasteiger partial charge in [0.15, 0.2) is 0 Å². The molecule has 3 rings (SSSR count). The first-order chi connectivity index (χ1) is 13.7. The maximum atomic E-state index is 13.4. The van der Waals surface area contributed by atoms with Crippen molar-refractivity contribution in [3.8, 4) is 0 Å². The van der Waals surface area contributed by atoms with Crippen LogP contribution in [0.25, 0.3) is 0 Å². The zero-order chi connectivity index (χ0) is 21.2. The number of hydrogen-bond donors (Lipinski definition) is 3. The number of carbonyl (C=O) groups is 1. The van der Waals surface area contributed by atoms with Crippen molar-refractivity contribution in [1.82, 2.24) is 4.90 Å². The van der Waals surface area contributed by atoms with Crippen LogP contribution in [-0.2, 0) is 6.18 Å². The second-order valence-electron chi connectivity index (χ2n) is 7.18. The third-order valence-corrected chi connectivity index (χ3v) is 5.03. The number of amides is 1. The van der Waals surface area contributed by atoms with Gasteiger partial charge in [0.2, 0.25) is 0 Å². The van der Waals surface area contributed by atoms with E-state index >= 15 is 0 Å². The predicted octanol–water partition coefficient (Wildman–Crippen LogP) is 3.30. The van der Waals surface area contributed by atoms with Gasteiger partial charge in [-0.2, -0.15) is 13.2 Å². The van der Waals surface area contributed by atoms with Gasteiger partial charge in [-0.3, -0.25) is 10.6 Å². The highest BCUT2D eigenvalue weighted by atomic mass is 19.4. The van der Waals surface area contributed by atoms with Crippen molar-refractivity contribution in [2.45, 2.75) is 13.1 Å². The molecule has 0 radical (unpaired) electrons. The lowest BCUT2D eigenvalue weighted by Crippen LogP contribution is -2.44. The number of carbonyl (C=O) groups excluding carboxylic acids is 1. The number of nitrogens with zero attached hydrogens (tertiary/aromatic N) is 2. The topological polar surface area (TPSA) is 73.6 Å². The molecule has 1 aliphatic heterocycles. The fraction of sp³-hybridized carbons (Fsp3) is 0.350. The van der Waals surface area contributed by atoms with Crippen LogP contribution < -0.4 is 21.5 Å². The van der Waals surface area contributed by atoms with Crippen molar-refractivity contribution < 1.29 is 18.0 Å². The molecule has 0 saturated carbocycles. The third kappa shape index (κ3) is 4.99. The summed E-state index contributed by atoms with van der Waals surface area (Å²) in [6, 6.07) is 8.53. The molecule has 1 heterocycles. The summed E-state index contributed by atoms with van der Waals surface area (Å²) >= 11 is 0. The summed E-state index contributed by atoms with van der Waals surface area (Å²) in [6.07, 6.45) is -4.51. The summed E-state index contributed by atoms with van der Waals surface area (Å²) in [6.45, 7) is 4.59. The highest BCUT2D eigenvalue weighted by Gasteiger charge is 2.32. The molecule has 9 heteroatoms. The molecule has 2 aromatic carbocycles. The van der Waals surface area contributed by atoms with Crippen LogP contribution in [0.4, 0.5) is 30.2 Å². The van der Waals surface area contributed by atoms with Gasteiger partial charge >= 0.3 is 6.18 Å². The molecule has 4 N–H and O–H groups in total. The first kappa shape index (κ1) is 20.9. The Balaban J connectivity index is 1.89. The van der Waals surface area contributed by atoms with Crippen molar-refractivity contribution in [2.24, 2.45) is 5.84 Å². The largest absolute Gasteiger partial charge is 0.416 e. The van der Waals surface area contributed by atoms with Gasteiger partial charge in [-0.05, 0) is 49.9 Å². The Morgan fingerprint density at radius 1 is 1.07 bits per heavy atom. The number of aryl methyl sites for hydroxylation is 1. The number of likely N-dealkylation sites (N-methyl/N-ethyl adjacent to an activating group) is 1. The molecule has 1 amide bonds. The van der Waals surface area contributed by atoms with E-state index in [2.05, 4.69) is 15.6 Å². The lowest BCUT2D eigenvalue weighted by Gasteiger charge is -2.34. The number of rotatable bonds is 4. The number of nitrogens with one attached hydrogen (secondary N) is 2. The second kappa shape index (κ2) is 8.30. The Hall–Kier alpha value is -2.78. The summed E-state index contributed by atoms with van der Waals surface area (Å²) in [5.41, 5.74) is 3.96. The average Bonchev–Trinajstić information content (AvgIpc) is 2.68. The highest BCUT2D eigenvalue weighted by Crippen LogP contribution is 2.35. The molecule has 6 nitrogen and oxygen atoms in total. The van der Waals surface area contributed by atoms with Crippen LogP contribution in [-0.4, -0.2) is 44.0 Å². The molecule has 1 fully saturated rings. The molecule has 1 aliphatic rings. The smallest absolute Gasteiger partial charge is 0.369 e. The summed E-state index contributed by atoms with van der Waals surface area (Å²) in [7, 11) is 1.97. The van der Waals surface area contributed by atoms with Gasteiger partial charge in [-0.25, -0.2) is 0 Å². The molecule has 0 spiro atoms. The molecule has 0 unspecified atom stereocenters. The van der Waals surface area contributed by atoms with E-state index in [4.69, 9.17) is 5.84 Å². The third-order valence-electron chi connectivity index (χ3n) is 5.03. The van der Waals surface area contributed by atoms with Gasteiger partial charge in [0.25, 0.3) is 5.91 Å². The minimum Gasteiger partial charge on any atom is -0.369 e. The Morgan fingerprint density at radius 3 is 2.38 bits per heavy atom. The maximum absolute atomic E-state index is 13.4. The number of hydrogen-bond acceptors (Lipinski definition) is 5. The Bertz CT molecular complexity index is 892.